The summed E-state index contributed by atoms with van der Waals surface area (Å²) in [6, 6.07) is 6.42. The Labute approximate surface area is 101 Å². The first-order valence-corrected chi connectivity index (χ1v) is 5.88. The molecule has 0 fully saturated rings. The molecule has 0 saturated heterocycles. The van der Waals surface area contributed by atoms with Gasteiger partial charge >= 0.3 is 0 Å². The van der Waals surface area contributed by atoms with E-state index in [1.165, 1.54) is 5.56 Å². The van der Waals surface area contributed by atoms with E-state index in [0.29, 0.717) is 6.61 Å². The average Bonchev–Trinajstić information content (AvgIpc) is 2.12. The van der Waals surface area contributed by atoms with Crippen molar-refractivity contribution in [2.24, 2.45) is 0 Å². The standard InChI is InChI=1S/C10H13Br2NO/c1-13-10(6-14-2)7-3-8(11)5-9(12)4-7/h3-5,10,13H,6H2,1-2H3. The molecule has 0 radical (unpaired) electrons. The van der Waals surface area contributed by atoms with Crippen LogP contribution in [-0.2, 0) is 4.74 Å². The molecular weight excluding hydrogens is 310 g/mol. The largest absolute Gasteiger partial charge is 0.383 e. The molecule has 0 aliphatic heterocycles. The summed E-state index contributed by atoms with van der Waals surface area (Å²) in [6.07, 6.45) is 0. The van der Waals surface area contributed by atoms with E-state index in [2.05, 4.69) is 49.3 Å². The number of benzene rings is 1. The molecule has 0 aliphatic rings. The second kappa shape index (κ2) is 5.85. The van der Waals surface area contributed by atoms with Crippen LogP contribution in [0.5, 0.6) is 0 Å². The third kappa shape index (κ3) is 3.35. The molecule has 0 bridgehead atoms. The smallest absolute Gasteiger partial charge is 0.0657 e. The van der Waals surface area contributed by atoms with Crippen LogP contribution in [0.3, 0.4) is 0 Å². The van der Waals surface area contributed by atoms with Crippen molar-refractivity contribution in [3.05, 3.63) is 32.7 Å². The summed E-state index contributed by atoms with van der Waals surface area (Å²) in [5.74, 6) is 0. The Morgan fingerprint density at radius 3 is 2.29 bits per heavy atom. The molecule has 1 aromatic rings. The molecule has 78 valence electrons. The zero-order chi connectivity index (χ0) is 10.6. The zero-order valence-corrected chi connectivity index (χ0v) is 11.4. The average molecular weight is 323 g/mol. The maximum absolute atomic E-state index is 5.14. The van der Waals surface area contributed by atoms with E-state index >= 15 is 0 Å². The lowest BCUT2D eigenvalue weighted by molar-refractivity contribution is 0.170. The van der Waals surface area contributed by atoms with Crippen molar-refractivity contribution in [2.45, 2.75) is 6.04 Å². The van der Waals surface area contributed by atoms with Gasteiger partial charge in [-0.2, -0.15) is 0 Å². The second-order valence-electron chi connectivity index (χ2n) is 3.00. The van der Waals surface area contributed by atoms with Crippen LogP contribution < -0.4 is 5.32 Å². The number of likely N-dealkylation sites (N-methyl/N-ethyl adjacent to an activating group) is 1. The Kier molecular flexibility index (Phi) is 5.09. The highest BCUT2D eigenvalue weighted by atomic mass is 79.9. The van der Waals surface area contributed by atoms with Gasteiger partial charge in [-0.25, -0.2) is 0 Å². The van der Waals surface area contributed by atoms with E-state index < -0.39 is 0 Å². The number of ether oxygens (including phenoxy) is 1. The van der Waals surface area contributed by atoms with Gasteiger partial charge in [0.1, 0.15) is 0 Å². The molecule has 0 aliphatic carbocycles. The van der Waals surface area contributed by atoms with Gasteiger partial charge in [-0.1, -0.05) is 31.9 Å². The minimum atomic E-state index is 0.230. The fraction of sp³-hybridized carbons (Fsp3) is 0.400. The highest BCUT2D eigenvalue weighted by molar-refractivity contribution is 9.11. The first-order valence-electron chi connectivity index (χ1n) is 4.29. The molecule has 0 heterocycles. The molecule has 1 aromatic carbocycles. The summed E-state index contributed by atoms with van der Waals surface area (Å²) in [5.41, 5.74) is 1.20. The minimum absolute atomic E-state index is 0.230. The van der Waals surface area contributed by atoms with E-state index in [1.54, 1.807) is 7.11 Å². The monoisotopic (exact) mass is 321 g/mol. The first kappa shape index (κ1) is 12.2. The number of halogens is 2. The quantitative estimate of drug-likeness (QED) is 0.919. The maximum Gasteiger partial charge on any atom is 0.0657 e. The van der Waals surface area contributed by atoms with E-state index in [-0.39, 0.29) is 6.04 Å². The van der Waals surface area contributed by atoms with Gasteiger partial charge in [-0.3, -0.25) is 0 Å². The molecule has 1 rings (SSSR count). The van der Waals surface area contributed by atoms with Gasteiger partial charge in [0.15, 0.2) is 0 Å². The van der Waals surface area contributed by atoms with Gasteiger partial charge in [-0.05, 0) is 30.8 Å². The number of rotatable bonds is 4. The fourth-order valence-corrected chi connectivity index (χ4v) is 2.62. The Morgan fingerprint density at radius 1 is 1.29 bits per heavy atom. The number of methoxy groups -OCH3 is 1. The molecule has 0 saturated carbocycles. The van der Waals surface area contributed by atoms with Crippen molar-refractivity contribution in [3.8, 4) is 0 Å². The molecule has 0 spiro atoms. The summed E-state index contributed by atoms with van der Waals surface area (Å²) >= 11 is 6.93. The molecule has 2 nitrogen and oxygen atoms in total. The number of hydrogen-bond acceptors (Lipinski definition) is 2. The van der Waals surface area contributed by atoms with E-state index in [0.717, 1.165) is 8.95 Å². The molecule has 1 unspecified atom stereocenters. The van der Waals surface area contributed by atoms with Gasteiger partial charge in [0.05, 0.1) is 12.6 Å². The summed E-state index contributed by atoms with van der Waals surface area (Å²) in [5, 5.41) is 3.21. The number of nitrogens with one attached hydrogen (secondary N) is 1. The van der Waals surface area contributed by atoms with Crippen molar-refractivity contribution in [1.29, 1.82) is 0 Å². The van der Waals surface area contributed by atoms with Crippen LogP contribution in [0, 0.1) is 0 Å². The predicted molar refractivity (Wildman–Crippen MR) is 65.5 cm³/mol. The van der Waals surface area contributed by atoms with Crippen LogP contribution >= 0.6 is 31.9 Å². The van der Waals surface area contributed by atoms with Gasteiger partial charge in [0.25, 0.3) is 0 Å². The van der Waals surface area contributed by atoms with Crippen LogP contribution in [0.15, 0.2) is 27.1 Å². The zero-order valence-electron chi connectivity index (χ0n) is 8.18. The Bertz CT molecular complexity index is 284. The topological polar surface area (TPSA) is 21.3 Å². The Hall–Kier alpha value is 0.1000. The minimum Gasteiger partial charge on any atom is -0.383 e. The molecule has 0 aromatic heterocycles. The highest BCUT2D eigenvalue weighted by Crippen LogP contribution is 2.24. The fourth-order valence-electron chi connectivity index (χ4n) is 1.29. The normalized spacial score (nSPS) is 12.9. The second-order valence-corrected chi connectivity index (χ2v) is 4.83. The molecule has 0 amide bonds. The SMILES string of the molecule is CNC(COC)c1cc(Br)cc(Br)c1. The third-order valence-electron chi connectivity index (χ3n) is 1.97. The van der Waals surface area contributed by atoms with Crippen molar-refractivity contribution in [3.63, 3.8) is 0 Å². The summed E-state index contributed by atoms with van der Waals surface area (Å²) in [7, 11) is 3.63. The van der Waals surface area contributed by atoms with E-state index in [4.69, 9.17) is 4.74 Å². The Morgan fingerprint density at radius 2 is 1.86 bits per heavy atom. The summed E-state index contributed by atoms with van der Waals surface area (Å²) in [4.78, 5) is 0. The first-order chi connectivity index (χ1) is 6.67. The summed E-state index contributed by atoms with van der Waals surface area (Å²) < 4.78 is 7.27. The highest BCUT2D eigenvalue weighted by Gasteiger charge is 2.09. The van der Waals surface area contributed by atoms with Crippen LogP contribution in [0.2, 0.25) is 0 Å². The third-order valence-corrected chi connectivity index (χ3v) is 2.88. The van der Waals surface area contributed by atoms with Gasteiger partial charge in [0, 0.05) is 16.1 Å². The van der Waals surface area contributed by atoms with Crippen LogP contribution in [0.4, 0.5) is 0 Å². The molecule has 4 heteroatoms. The van der Waals surface area contributed by atoms with Crippen molar-refractivity contribution < 1.29 is 4.74 Å². The Balaban J connectivity index is 2.91. The van der Waals surface area contributed by atoms with E-state index in [1.807, 2.05) is 13.1 Å². The van der Waals surface area contributed by atoms with Crippen LogP contribution in [-0.4, -0.2) is 20.8 Å². The summed E-state index contributed by atoms with van der Waals surface area (Å²) in [6.45, 7) is 0.666. The molecular formula is C10H13Br2NO. The lowest BCUT2D eigenvalue weighted by Gasteiger charge is -2.16. The van der Waals surface area contributed by atoms with Crippen molar-refractivity contribution >= 4 is 31.9 Å². The van der Waals surface area contributed by atoms with Crippen molar-refractivity contribution in [2.75, 3.05) is 20.8 Å². The molecule has 1 N–H and O–H groups in total. The lowest BCUT2D eigenvalue weighted by atomic mass is 10.1. The van der Waals surface area contributed by atoms with Crippen LogP contribution in [0.1, 0.15) is 11.6 Å². The lowest BCUT2D eigenvalue weighted by Crippen LogP contribution is -2.21. The van der Waals surface area contributed by atoms with Gasteiger partial charge < -0.3 is 10.1 Å². The van der Waals surface area contributed by atoms with E-state index in [9.17, 15) is 0 Å². The molecule has 14 heavy (non-hydrogen) atoms. The number of hydrogen-bond donors (Lipinski definition) is 1. The molecule has 1 atom stereocenters. The maximum atomic E-state index is 5.14. The predicted octanol–water partition coefficient (Wildman–Crippen LogP) is 3.12. The van der Waals surface area contributed by atoms with Gasteiger partial charge in [-0.15, -0.1) is 0 Å². The van der Waals surface area contributed by atoms with Gasteiger partial charge in [0.2, 0.25) is 0 Å². The van der Waals surface area contributed by atoms with Crippen LogP contribution in [0.25, 0.3) is 0 Å². The van der Waals surface area contributed by atoms with Crippen molar-refractivity contribution in [1.82, 2.24) is 5.32 Å².